The molecule has 0 spiro atoms. The van der Waals surface area contributed by atoms with Gasteiger partial charge in [-0.15, -0.1) is 0 Å². The number of hydrogen-bond acceptors (Lipinski definition) is 2. The van der Waals surface area contributed by atoms with E-state index in [1.165, 1.54) is 0 Å². The molecule has 2 amide bonds. The first-order chi connectivity index (χ1) is 11.5. The first-order valence-corrected chi connectivity index (χ1v) is 8.34. The average Bonchev–Trinajstić information content (AvgIpc) is 2.94. The Balaban J connectivity index is 1.75. The fraction of sp³-hybridized carbons (Fsp3) is 0.222. The number of rotatable bonds is 3. The number of anilines is 2. The van der Waals surface area contributed by atoms with Crippen LogP contribution >= 0.6 is 23.2 Å². The van der Waals surface area contributed by atoms with E-state index in [0.717, 1.165) is 11.3 Å². The number of benzene rings is 2. The summed E-state index contributed by atoms with van der Waals surface area (Å²) in [5.41, 5.74) is 2.30. The number of carbonyl (C=O) groups is 2. The Labute approximate surface area is 150 Å². The zero-order chi connectivity index (χ0) is 17.3. The third kappa shape index (κ3) is 3.25. The SMILES string of the molecule is Cc1ccccc1N1C[C@H](C(=O)Nc2cccc(Cl)c2Cl)CC1=O. The molecule has 0 aliphatic carbocycles. The lowest BCUT2D eigenvalue weighted by Gasteiger charge is -2.19. The maximum Gasteiger partial charge on any atom is 0.229 e. The molecule has 1 aliphatic rings. The van der Waals surface area contributed by atoms with Crippen molar-refractivity contribution < 1.29 is 9.59 Å². The summed E-state index contributed by atoms with van der Waals surface area (Å²) in [5, 5.41) is 3.44. The molecule has 0 saturated carbocycles. The van der Waals surface area contributed by atoms with E-state index in [0.29, 0.717) is 22.3 Å². The van der Waals surface area contributed by atoms with Crippen molar-refractivity contribution in [1.29, 1.82) is 0 Å². The van der Waals surface area contributed by atoms with Gasteiger partial charge in [0.1, 0.15) is 0 Å². The third-order valence-corrected chi connectivity index (χ3v) is 4.93. The van der Waals surface area contributed by atoms with Crippen LogP contribution in [0.1, 0.15) is 12.0 Å². The lowest BCUT2D eigenvalue weighted by atomic mass is 10.1. The summed E-state index contributed by atoms with van der Waals surface area (Å²) in [5.74, 6) is -0.711. The van der Waals surface area contributed by atoms with Crippen LogP contribution in [0.15, 0.2) is 42.5 Å². The summed E-state index contributed by atoms with van der Waals surface area (Å²) in [7, 11) is 0. The third-order valence-electron chi connectivity index (χ3n) is 4.11. The molecule has 1 saturated heterocycles. The van der Waals surface area contributed by atoms with E-state index in [-0.39, 0.29) is 18.2 Å². The number of hydrogen-bond donors (Lipinski definition) is 1. The van der Waals surface area contributed by atoms with Crippen molar-refractivity contribution in [2.75, 3.05) is 16.8 Å². The molecule has 0 radical (unpaired) electrons. The normalized spacial score (nSPS) is 17.2. The van der Waals surface area contributed by atoms with Crippen molar-refractivity contribution >= 4 is 46.4 Å². The highest BCUT2D eigenvalue weighted by molar-refractivity contribution is 6.44. The second-order valence-electron chi connectivity index (χ2n) is 5.78. The number of carbonyl (C=O) groups excluding carboxylic acids is 2. The fourth-order valence-electron chi connectivity index (χ4n) is 2.82. The van der Waals surface area contributed by atoms with Gasteiger partial charge in [-0.1, -0.05) is 47.5 Å². The van der Waals surface area contributed by atoms with E-state index in [9.17, 15) is 9.59 Å². The first-order valence-electron chi connectivity index (χ1n) is 7.58. The van der Waals surface area contributed by atoms with E-state index >= 15 is 0 Å². The highest BCUT2D eigenvalue weighted by atomic mass is 35.5. The van der Waals surface area contributed by atoms with Crippen LogP contribution in [-0.2, 0) is 9.59 Å². The van der Waals surface area contributed by atoms with E-state index in [1.807, 2.05) is 31.2 Å². The number of aryl methyl sites for hydroxylation is 1. The number of para-hydroxylation sites is 1. The number of amides is 2. The Kier molecular flexibility index (Phi) is 4.78. The topological polar surface area (TPSA) is 49.4 Å². The summed E-state index contributed by atoms with van der Waals surface area (Å²) >= 11 is 12.0. The van der Waals surface area contributed by atoms with Crippen molar-refractivity contribution in [3.8, 4) is 0 Å². The second kappa shape index (κ2) is 6.83. The molecule has 1 heterocycles. The fourth-order valence-corrected chi connectivity index (χ4v) is 3.17. The number of nitrogens with zero attached hydrogens (tertiary/aromatic N) is 1. The van der Waals surface area contributed by atoms with E-state index in [1.54, 1.807) is 23.1 Å². The summed E-state index contributed by atoms with van der Waals surface area (Å²) in [6, 6.07) is 12.7. The van der Waals surface area contributed by atoms with Gasteiger partial charge < -0.3 is 10.2 Å². The van der Waals surface area contributed by atoms with Crippen molar-refractivity contribution in [3.63, 3.8) is 0 Å². The predicted octanol–water partition coefficient (Wildman–Crippen LogP) is 4.29. The Bertz CT molecular complexity index is 807. The van der Waals surface area contributed by atoms with Crippen molar-refractivity contribution in [2.45, 2.75) is 13.3 Å². The zero-order valence-electron chi connectivity index (χ0n) is 13.1. The molecular weight excluding hydrogens is 347 g/mol. The van der Waals surface area contributed by atoms with Crippen LogP contribution in [0.4, 0.5) is 11.4 Å². The highest BCUT2D eigenvalue weighted by Crippen LogP contribution is 2.32. The van der Waals surface area contributed by atoms with Crippen LogP contribution in [0.3, 0.4) is 0 Å². The molecule has 24 heavy (non-hydrogen) atoms. The van der Waals surface area contributed by atoms with Crippen molar-refractivity contribution in [3.05, 3.63) is 58.1 Å². The van der Waals surface area contributed by atoms with Gasteiger partial charge in [-0.25, -0.2) is 0 Å². The molecule has 1 fully saturated rings. The first kappa shape index (κ1) is 16.8. The Hall–Kier alpha value is -2.04. The molecule has 0 unspecified atom stereocenters. The minimum absolute atomic E-state index is 0.0540. The van der Waals surface area contributed by atoms with Gasteiger partial charge in [0.2, 0.25) is 11.8 Å². The molecule has 3 rings (SSSR count). The van der Waals surface area contributed by atoms with Gasteiger partial charge in [0.15, 0.2) is 0 Å². The average molecular weight is 363 g/mol. The van der Waals surface area contributed by atoms with Gasteiger partial charge in [-0.3, -0.25) is 9.59 Å². The van der Waals surface area contributed by atoms with Gasteiger partial charge in [0.25, 0.3) is 0 Å². The van der Waals surface area contributed by atoms with Crippen LogP contribution in [-0.4, -0.2) is 18.4 Å². The Morgan fingerprint density at radius 3 is 2.67 bits per heavy atom. The molecule has 0 bridgehead atoms. The monoisotopic (exact) mass is 362 g/mol. The standard InChI is InChI=1S/C18H16Cl2N2O2/c1-11-5-2-3-8-15(11)22-10-12(9-16(22)23)18(24)21-14-7-4-6-13(19)17(14)20/h2-8,12H,9-10H2,1H3,(H,21,24)/t12-/m1/s1. The Morgan fingerprint density at radius 2 is 1.92 bits per heavy atom. The minimum Gasteiger partial charge on any atom is -0.324 e. The maximum absolute atomic E-state index is 12.5. The van der Waals surface area contributed by atoms with Crippen LogP contribution in [0.2, 0.25) is 10.0 Å². The second-order valence-corrected chi connectivity index (χ2v) is 6.57. The zero-order valence-corrected chi connectivity index (χ0v) is 14.6. The molecule has 1 aliphatic heterocycles. The lowest BCUT2D eigenvalue weighted by Crippen LogP contribution is -2.28. The summed E-state index contributed by atoms with van der Waals surface area (Å²) in [6.45, 7) is 2.30. The smallest absolute Gasteiger partial charge is 0.229 e. The van der Waals surface area contributed by atoms with Gasteiger partial charge >= 0.3 is 0 Å². The molecule has 2 aromatic carbocycles. The molecule has 4 nitrogen and oxygen atoms in total. The van der Waals surface area contributed by atoms with E-state index < -0.39 is 5.92 Å². The molecule has 0 aromatic heterocycles. The van der Waals surface area contributed by atoms with Crippen LogP contribution in [0.5, 0.6) is 0 Å². The van der Waals surface area contributed by atoms with Gasteiger partial charge in [-0.05, 0) is 30.7 Å². The molecule has 2 aromatic rings. The van der Waals surface area contributed by atoms with Gasteiger partial charge in [0, 0.05) is 18.7 Å². The molecule has 124 valence electrons. The lowest BCUT2D eigenvalue weighted by molar-refractivity contribution is -0.122. The number of nitrogens with one attached hydrogen (secondary N) is 1. The summed E-state index contributed by atoms with van der Waals surface area (Å²) < 4.78 is 0. The van der Waals surface area contributed by atoms with Crippen LogP contribution in [0, 0.1) is 12.8 Å². The molecule has 1 atom stereocenters. The molecule has 1 N–H and O–H groups in total. The largest absolute Gasteiger partial charge is 0.324 e. The molecular formula is C18H16Cl2N2O2. The highest BCUT2D eigenvalue weighted by Gasteiger charge is 2.35. The maximum atomic E-state index is 12.5. The summed E-state index contributed by atoms with van der Waals surface area (Å²) in [4.78, 5) is 26.5. The Morgan fingerprint density at radius 1 is 1.17 bits per heavy atom. The van der Waals surface area contributed by atoms with Gasteiger partial charge in [0.05, 0.1) is 21.7 Å². The predicted molar refractivity (Wildman–Crippen MR) is 96.7 cm³/mol. The van der Waals surface area contributed by atoms with Crippen molar-refractivity contribution in [2.24, 2.45) is 5.92 Å². The summed E-state index contributed by atoms with van der Waals surface area (Å²) in [6.07, 6.45) is 0.179. The number of halogens is 2. The van der Waals surface area contributed by atoms with E-state index in [4.69, 9.17) is 23.2 Å². The molecule has 6 heteroatoms. The van der Waals surface area contributed by atoms with Crippen LogP contribution < -0.4 is 10.2 Å². The van der Waals surface area contributed by atoms with Crippen LogP contribution in [0.25, 0.3) is 0 Å². The van der Waals surface area contributed by atoms with Crippen molar-refractivity contribution in [1.82, 2.24) is 0 Å². The minimum atomic E-state index is -0.424. The van der Waals surface area contributed by atoms with E-state index in [2.05, 4.69) is 5.32 Å². The quantitative estimate of drug-likeness (QED) is 0.884. The van der Waals surface area contributed by atoms with Gasteiger partial charge in [-0.2, -0.15) is 0 Å².